The second-order valence-corrected chi connectivity index (χ2v) is 12.7. The Morgan fingerprint density at radius 3 is 2.04 bits per heavy atom. The smallest absolute Gasteiger partial charge is 0.165 e. The molecule has 0 bridgehead atoms. The van der Waals surface area contributed by atoms with Crippen LogP contribution in [0.1, 0.15) is 28.8 Å². The van der Waals surface area contributed by atoms with Gasteiger partial charge in [-0.3, -0.25) is 4.98 Å². The maximum absolute atomic E-state index is 6.80. The largest absolute Gasteiger partial charge is 0.484 e. The molecule has 0 spiro atoms. The van der Waals surface area contributed by atoms with Crippen LogP contribution in [0.5, 0.6) is 5.75 Å². The Morgan fingerprint density at radius 1 is 0.560 bits per heavy atom. The van der Waals surface area contributed by atoms with Crippen molar-refractivity contribution in [2.45, 2.75) is 12.0 Å². The lowest BCUT2D eigenvalue weighted by molar-refractivity contribution is 0.224. The van der Waals surface area contributed by atoms with E-state index in [0.29, 0.717) is 17.5 Å². The summed E-state index contributed by atoms with van der Waals surface area (Å²) in [5.41, 5.74) is 10.7. The Hall–Kier alpha value is -6.66. The molecular formula is C44H29N5O. The molecule has 5 aromatic carbocycles. The van der Waals surface area contributed by atoms with Gasteiger partial charge in [-0.1, -0.05) is 91.0 Å². The summed E-state index contributed by atoms with van der Waals surface area (Å²) < 4.78 is 9.14. The predicted octanol–water partition coefficient (Wildman–Crippen LogP) is 10.1. The van der Waals surface area contributed by atoms with E-state index in [1.807, 2.05) is 18.2 Å². The summed E-state index contributed by atoms with van der Waals surface area (Å²) >= 11 is 0. The molecule has 236 valence electrons. The van der Waals surface area contributed by atoms with E-state index in [1.54, 1.807) is 12.4 Å². The van der Waals surface area contributed by atoms with E-state index in [-0.39, 0.29) is 12.0 Å². The number of fused-ring (bicyclic) bond motifs is 7. The molecule has 0 N–H and O–H groups in total. The van der Waals surface area contributed by atoms with Crippen LogP contribution >= 0.6 is 0 Å². The first-order valence-corrected chi connectivity index (χ1v) is 16.8. The van der Waals surface area contributed by atoms with Crippen molar-refractivity contribution in [1.82, 2.24) is 24.5 Å². The van der Waals surface area contributed by atoms with Crippen LogP contribution in [0, 0.1) is 0 Å². The lowest BCUT2D eigenvalue weighted by atomic mass is 9.85. The highest BCUT2D eigenvalue weighted by atomic mass is 16.5. The third kappa shape index (κ3) is 4.65. The molecule has 10 rings (SSSR count). The Labute approximate surface area is 289 Å². The normalized spacial score (nSPS) is 15.7. The first-order valence-electron chi connectivity index (χ1n) is 16.8. The zero-order chi connectivity index (χ0) is 33.0. The molecule has 0 radical (unpaired) electrons. The minimum absolute atomic E-state index is 0.0501. The van der Waals surface area contributed by atoms with Crippen molar-refractivity contribution < 1.29 is 4.74 Å². The molecule has 8 aromatic rings. The van der Waals surface area contributed by atoms with Crippen LogP contribution in [0.2, 0.25) is 0 Å². The lowest BCUT2D eigenvalue weighted by Gasteiger charge is -2.22. The van der Waals surface area contributed by atoms with E-state index in [0.717, 1.165) is 50.5 Å². The van der Waals surface area contributed by atoms with Crippen LogP contribution in [-0.2, 0) is 0 Å². The molecule has 6 heteroatoms. The van der Waals surface area contributed by atoms with E-state index in [1.165, 1.54) is 16.5 Å². The van der Waals surface area contributed by atoms with E-state index < -0.39 is 0 Å². The quantitative estimate of drug-likeness (QED) is 0.187. The number of rotatable bonds is 5. The van der Waals surface area contributed by atoms with E-state index in [2.05, 4.69) is 143 Å². The van der Waals surface area contributed by atoms with E-state index >= 15 is 0 Å². The van der Waals surface area contributed by atoms with Crippen molar-refractivity contribution in [2.24, 2.45) is 0 Å². The van der Waals surface area contributed by atoms with Crippen LogP contribution in [0.3, 0.4) is 0 Å². The maximum Gasteiger partial charge on any atom is 0.165 e. The molecular weight excluding hydrogens is 615 g/mol. The van der Waals surface area contributed by atoms with E-state index in [9.17, 15) is 0 Å². The summed E-state index contributed by atoms with van der Waals surface area (Å²) in [5.74, 6) is 2.72. The third-order valence-electron chi connectivity index (χ3n) is 9.70. The van der Waals surface area contributed by atoms with Crippen molar-refractivity contribution in [3.05, 3.63) is 175 Å². The third-order valence-corrected chi connectivity index (χ3v) is 9.70. The Morgan fingerprint density at radius 2 is 1.24 bits per heavy atom. The van der Waals surface area contributed by atoms with Crippen LogP contribution < -0.4 is 4.74 Å². The summed E-state index contributed by atoms with van der Waals surface area (Å²) in [6, 6.07) is 48.1. The minimum Gasteiger partial charge on any atom is -0.484 e. The molecule has 1 aliphatic carbocycles. The topological polar surface area (TPSA) is 65.7 Å². The molecule has 6 nitrogen and oxygen atoms in total. The molecule has 3 aromatic heterocycles. The summed E-state index contributed by atoms with van der Waals surface area (Å²) in [5, 5.41) is 1.21. The molecule has 1 aliphatic heterocycles. The second-order valence-electron chi connectivity index (χ2n) is 12.7. The van der Waals surface area contributed by atoms with E-state index in [4.69, 9.17) is 19.7 Å². The van der Waals surface area contributed by atoms with Crippen molar-refractivity contribution in [2.75, 3.05) is 0 Å². The number of nitrogens with zero attached hydrogens (tertiary/aromatic N) is 5. The molecule has 50 heavy (non-hydrogen) atoms. The number of hydrogen-bond acceptors (Lipinski definition) is 5. The molecule has 0 amide bonds. The van der Waals surface area contributed by atoms with Crippen molar-refractivity contribution in [1.29, 1.82) is 0 Å². The SMILES string of the molecule is C1=CC2c3cc(-c4nc(-c5cccnc5)nc(-c5cccc(-c6ccccc6)c5)n4)ccc3OC2c2c1n(-c1ccccc1)c1ccccc21. The van der Waals surface area contributed by atoms with Gasteiger partial charge in [0.2, 0.25) is 0 Å². The number of ether oxygens (including phenoxy) is 1. The number of hydrogen-bond donors (Lipinski definition) is 0. The highest BCUT2D eigenvalue weighted by Crippen LogP contribution is 2.53. The van der Waals surface area contributed by atoms with Gasteiger partial charge in [-0.15, -0.1) is 0 Å². The van der Waals surface area contributed by atoms with Gasteiger partial charge in [-0.25, -0.2) is 15.0 Å². The van der Waals surface area contributed by atoms with Crippen LogP contribution in [0.4, 0.5) is 0 Å². The summed E-state index contributed by atoms with van der Waals surface area (Å²) in [6.45, 7) is 0. The molecule has 4 heterocycles. The van der Waals surface area contributed by atoms with Crippen molar-refractivity contribution >= 4 is 17.0 Å². The van der Waals surface area contributed by atoms with Crippen LogP contribution in [0.25, 0.3) is 68.0 Å². The first kappa shape index (κ1) is 28.4. The van der Waals surface area contributed by atoms with Crippen molar-refractivity contribution in [3.63, 3.8) is 0 Å². The Balaban J connectivity index is 1.08. The van der Waals surface area contributed by atoms with Gasteiger partial charge < -0.3 is 9.30 Å². The van der Waals surface area contributed by atoms with Gasteiger partial charge in [0.1, 0.15) is 11.9 Å². The lowest BCUT2D eigenvalue weighted by Crippen LogP contribution is -2.13. The Bertz CT molecular complexity index is 2580. The maximum atomic E-state index is 6.80. The molecule has 0 saturated carbocycles. The number of para-hydroxylation sites is 2. The standard InChI is InChI=1S/C44H29N5O/c1-3-11-28(12-4-1)29-13-9-14-30(25-29)42-46-43(48-44(47-42)32-15-10-24-45-27-32)31-20-23-39-36(26-31)34-21-22-38-40(41(34)50-39)35-18-7-8-19-37(35)49(38)33-16-5-2-6-17-33/h1-27,34,41H. The van der Waals surface area contributed by atoms with Gasteiger partial charge in [0, 0.05) is 57.2 Å². The van der Waals surface area contributed by atoms with Gasteiger partial charge in [-0.05, 0) is 71.8 Å². The molecule has 0 saturated heterocycles. The number of aromatic nitrogens is 5. The predicted molar refractivity (Wildman–Crippen MR) is 198 cm³/mol. The zero-order valence-electron chi connectivity index (χ0n) is 26.9. The van der Waals surface area contributed by atoms with Gasteiger partial charge >= 0.3 is 0 Å². The first-order chi connectivity index (χ1) is 24.8. The fourth-order valence-corrected chi connectivity index (χ4v) is 7.40. The zero-order valence-corrected chi connectivity index (χ0v) is 26.9. The molecule has 2 aliphatic rings. The number of benzene rings is 5. The molecule has 2 unspecified atom stereocenters. The monoisotopic (exact) mass is 643 g/mol. The molecule has 0 fully saturated rings. The van der Waals surface area contributed by atoms with Gasteiger partial charge in [0.25, 0.3) is 0 Å². The minimum atomic E-state index is -0.143. The highest BCUT2D eigenvalue weighted by molar-refractivity contribution is 5.92. The highest BCUT2D eigenvalue weighted by Gasteiger charge is 2.40. The Kier molecular flexibility index (Phi) is 6.52. The second kappa shape index (κ2) is 11.5. The van der Waals surface area contributed by atoms with Gasteiger partial charge in [-0.2, -0.15) is 0 Å². The number of pyridine rings is 1. The van der Waals surface area contributed by atoms with Crippen LogP contribution in [-0.4, -0.2) is 24.5 Å². The van der Waals surface area contributed by atoms with Crippen LogP contribution in [0.15, 0.2) is 158 Å². The average Bonchev–Trinajstić information content (AvgIpc) is 3.74. The summed E-state index contributed by atoms with van der Waals surface area (Å²) in [7, 11) is 0. The summed E-state index contributed by atoms with van der Waals surface area (Å²) in [4.78, 5) is 19.4. The van der Waals surface area contributed by atoms with Crippen molar-refractivity contribution in [3.8, 4) is 56.7 Å². The van der Waals surface area contributed by atoms with Gasteiger partial charge in [0.15, 0.2) is 17.5 Å². The fraction of sp³-hybridized carbons (Fsp3) is 0.0455. The average molecular weight is 644 g/mol. The van der Waals surface area contributed by atoms with Gasteiger partial charge in [0.05, 0.1) is 11.2 Å². The summed E-state index contributed by atoms with van der Waals surface area (Å²) in [6.07, 6.45) is 7.95. The fourth-order valence-electron chi connectivity index (χ4n) is 7.40. The molecule has 2 atom stereocenters.